The van der Waals surface area contributed by atoms with E-state index in [4.69, 9.17) is 9.88 Å². The number of aromatic nitrogens is 1. The van der Waals surface area contributed by atoms with Crippen LogP contribution in [-0.4, -0.2) is 38.4 Å². The Kier molecular flexibility index (Phi) is 7.84. The van der Waals surface area contributed by atoms with Crippen LogP contribution in [0.25, 0.3) is 10.2 Å². The van der Waals surface area contributed by atoms with Gasteiger partial charge in [-0.3, -0.25) is 4.79 Å². The number of nitrogens with two attached hydrogens (primary N) is 1. The first-order valence-corrected chi connectivity index (χ1v) is 12.6. The van der Waals surface area contributed by atoms with Gasteiger partial charge in [0.2, 0.25) is 15.9 Å². The number of rotatable bonds is 9. The number of carbonyl (C=O) groups excluding carboxylic acids is 1. The van der Waals surface area contributed by atoms with Crippen molar-refractivity contribution in [1.82, 2.24) is 4.57 Å². The van der Waals surface area contributed by atoms with Crippen LogP contribution in [0.5, 0.6) is 0 Å². The van der Waals surface area contributed by atoms with Gasteiger partial charge in [0, 0.05) is 25.0 Å². The second-order valence-electron chi connectivity index (χ2n) is 6.47. The number of methoxy groups -OCH3 is 1. The van der Waals surface area contributed by atoms with E-state index in [9.17, 15) is 13.2 Å². The number of fused-ring (bicyclic) bond motifs is 1. The third-order valence-electron chi connectivity index (χ3n) is 4.27. The van der Waals surface area contributed by atoms with Crippen LogP contribution >= 0.6 is 23.1 Å². The standard InChI is InChI=1S/C20H23N3O4S3/c1-27-12-11-23-17-10-9-16(30(21,25)26)14-18(17)29-20(23)22-19(24)8-5-13-28-15-6-3-2-4-7-15/h2-4,6-7,9-10,14H,5,8,11-13H2,1H3,(H2,21,25,26). The summed E-state index contributed by atoms with van der Waals surface area (Å²) in [5, 5.41) is 5.23. The minimum atomic E-state index is -3.80. The van der Waals surface area contributed by atoms with Gasteiger partial charge in [0.15, 0.2) is 4.80 Å². The molecule has 2 aromatic carbocycles. The van der Waals surface area contributed by atoms with Gasteiger partial charge >= 0.3 is 0 Å². The predicted molar refractivity (Wildman–Crippen MR) is 120 cm³/mol. The maximum absolute atomic E-state index is 12.4. The molecule has 0 aliphatic carbocycles. The second kappa shape index (κ2) is 10.4. The Morgan fingerprint density at radius 3 is 2.70 bits per heavy atom. The largest absolute Gasteiger partial charge is 0.383 e. The number of ether oxygens (including phenoxy) is 1. The fraction of sp³-hybridized carbons (Fsp3) is 0.300. The third kappa shape index (κ3) is 6.02. The Morgan fingerprint density at radius 1 is 1.23 bits per heavy atom. The van der Waals surface area contributed by atoms with Crippen molar-refractivity contribution in [2.45, 2.75) is 29.2 Å². The molecule has 0 radical (unpaired) electrons. The zero-order valence-corrected chi connectivity index (χ0v) is 18.9. The number of hydrogen-bond acceptors (Lipinski definition) is 6. The molecule has 0 saturated heterocycles. The van der Waals surface area contributed by atoms with Gasteiger partial charge in [-0.25, -0.2) is 13.6 Å². The number of thiazole rings is 1. The number of primary sulfonamides is 1. The molecule has 1 aromatic heterocycles. The predicted octanol–water partition coefficient (Wildman–Crippen LogP) is 3.00. The van der Waals surface area contributed by atoms with Crippen LogP contribution in [0.15, 0.2) is 63.3 Å². The van der Waals surface area contributed by atoms with Crippen LogP contribution in [0.3, 0.4) is 0 Å². The van der Waals surface area contributed by atoms with Crippen molar-refractivity contribution in [3.05, 3.63) is 53.3 Å². The molecule has 0 fully saturated rings. The van der Waals surface area contributed by atoms with Crippen LogP contribution in [0.1, 0.15) is 12.8 Å². The lowest BCUT2D eigenvalue weighted by molar-refractivity contribution is -0.118. The van der Waals surface area contributed by atoms with Gasteiger partial charge in [-0.1, -0.05) is 29.5 Å². The van der Waals surface area contributed by atoms with Crippen LogP contribution in [-0.2, 0) is 26.1 Å². The Hall–Kier alpha value is -1.98. The molecule has 0 aliphatic heterocycles. The Bertz CT molecular complexity index is 1180. The lowest BCUT2D eigenvalue weighted by Gasteiger charge is -2.05. The van der Waals surface area contributed by atoms with Crippen LogP contribution in [0.4, 0.5) is 0 Å². The van der Waals surface area contributed by atoms with Crippen molar-refractivity contribution >= 4 is 49.2 Å². The van der Waals surface area contributed by atoms with E-state index in [2.05, 4.69) is 4.99 Å². The molecule has 3 rings (SSSR count). The summed E-state index contributed by atoms with van der Waals surface area (Å²) < 4.78 is 31.0. The summed E-state index contributed by atoms with van der Waals surface area (Å²) in [7, 11) is -2.21. The topological polar surface area (TPSA) is 104 Å². The molecular weight excluding hydrogens is 442 g/mol. The minimum absolute atomic E-state index is 0.0333. The van der Waals surface area contributed by atoms with Gasteiger partial charge in [-0.2, -0.15) is 4.99 Å². The number of hydrogen-bond donors (Lipinski definition) is 1. The first-order chi connectivity index (χ1) is 14.4. The molecule has 7 nitrogen and oxygen atoms in total. The minimum Gasteiger partial charge on any atom is -0.383 e. The highest BCUT2D eigenvalue weighted by molar-refractivity contribution is 7.99. The third-order valence-corrected chi connectivity index (χ3v) is 7.32. The number of thioether (sulfide) groups is 1. The molecule has 10 heteroatoms. The van der Waals surface area contributed by atoms with Gasteiger partial charge in [-0.15, -0.1) is 11.8 Å². The van der Waals surface area contributed by atoms with Gasteiger partial charge < -0.3 is 9.30 Å². The van der Waals surface area contributed by atoms with Gasteiger partial charge in [-0.05, 0) is 42.5 Å². The summed E-state index contributed by atoms with van der Waals surface area (Å²) in [6.07, 6.45) is 1.07. The van der Waals surface area contributed by atoms with Gasteiger partial charge in [0.25, 0.3) is 0 Å². The van der Waals surface area contributed by atoms with Crippen molar-refractivity contribution < 1.29 is 17.9 Å². The zero-order valence-electron chi connectivity index (χ0n) is 16.5. The number of nitrogens with zero attached hydrogens (tertiary/aromatic N) is 2. The molecule has 0 spiro atoms. The smallest absolute Gasteiger partial charge is 0.248 e. The SMILES string of the molecule is COCCn1c(=NC(=O)CCCSc2ccccc2)sc2cc(S(N)(=O)=O)ccc21. The molecule has 0 atom stereocenters. The lowest BCUT2D eigenvalue weighted by Crippen LogP contribution is -2.19. The van der Waals surface area contributed by atoms with Gasteiger partial charge in [0.1, 0.15) is 0 Å². The summed E-state index contributed by atoms with van der Waals surface area (Å²) >= 11 is 2.97. The molecule has 0 saturated carbocycles. The molecule has 2 N–H and O–H groups in total. The molecular formula is C20H23N3O4S3. The average Bonchev–Trinajstić information content (AvgIpc) is 3.06. The van der Waals surface area contributed by atoms with E-state index in [-0.39, 0.29) is 10.8 Å². The van der Waals surface area contributed by atoms with Crippen LogP contribution < -0.4 is 9.94 Å². The summed E-state index contributed by atoms with van der Waals surface area (Å²) in [5.41, 5.74) is 0.788. The highest BCUT2D eigenvalue weighted by atomic mass is 32.2. The Balaban J connectivity index is 1.78. The van der Waals surface area contributed by atoms with Crippen molar-refractivity contribution in [2.75, 3.05) is 19.5 Å². The summed E-state index contributed by atoms with van der Waals surface area (Å²) in [6.45, 7) is 0.944. The monoisotopic (exact) mass is 465 g/mol. The lowest BCUT2D eigenvalue weighted by atomic mass is 10.3. The maximum Gasteiger partial charge on any atom is 0.248 e. The fourth-order valence-corrected chi connectivity index (χ4v) is 5.41. The summed E-state index contributed by atoms with van der Waals surface area (Å²) in [4.78, 5) is 18.4. The molecule has 160 valence electrons. The van der Waals surface area contributed by atoms with E-state index < -0.39 is 10.0 Å². The van der Waals surface area contributed by atoms with Crippen LogP contribution in [0.2, 0.25) is 0 Å². The second-order valence-corrected chi connectivity index (χ2v) is 10.2. The highest BCUT2D eigenvalue weighted by Gasteiger charge is 2.13. The number of sulfonamides is 1. The van der Waals surface area contributed by atoms with E-state index in [1.807, 2.05) is 34.9 Å². The summed E-state index contributed by atoms with van der Waals surface area (Å²) in [6, 6.07) is 14.7. The molecule has 3 aromatic rings. The number of amides is 1. The molecule has 1 heterocycles. The zero-order chi connectivity index (χ0) is 21.6. The van der Waals surface area contributed by atoms with Crippen molar-refractivity contribution in [3.63, 3.8) is 0 Å². The molecule has 0 aliphatic rings. The van der Waals surface area contributed by atoms with E-state index in [0.717, 1.165) is 17.7 Å². The first kappa shape index (κ1) is 22.7. The van der Waals surface area contributed by atoms with E-state index in [1.165, 1.54) is 28.4 Å². The first-order valence-electron chi connectivity index (χ1n) is 9.29. The Labute approximate surface area is 183 Å². The van der Waals surface area contributed by atoms with Crippen molar-refractivity contribution in [3.8, 4) is 0 Å². The van der Waals surface area contributed by atoms with E-state index in [1.54, 1.807) is 24.9 Å². The average molecular weight is 466 g/mol. The highest BCUT2D eigenvalue weighted by Crippen LogP contribution is 2.22. The van der Waals surface area contributed by atoms with E-state index in [0.29, 0.717) is 29.1 Å². The quantitative estimate of drug-likeness (QED) is 0.386. The van der Waals surface area contributed by atoms with Crippen molar-refractivity contribution in [1.29, 1.82) is 0 Å². The number of carbonyl (C=O) groups is 1. The van der Waals surface area contributed by atoms with Crippen LogP contribution in [0, 0.1) is 0 Å². The van der Waals surface area contributed by atoms with Crippen molar-refractivity contribution in [2.24, 2.45) is 10.1 Å². The fourth-order valence-electron chi connectivity index (χ4n) is 2.81. The molecule has 0 unspecified atom stereocenters. The molecule has 1 amide bonds. The molecule has 30 heavy (non-hydrogen) atoms. The normalized spacial score (nSPS) is 12.5. The maximum atomic E-state index is 12.4. The van der Waals surface area contributed by atoms with Gasteiger partial charge in [0.05, 0.1) is 21.7 Å². The Morgan fingerprint density at radius 2 is 2.00 bits per heavy atom. The number of benzene rings is 2. The molecule has 0 bridgehead atoms. The summed E-state index contributed by atoms with van der Waals surface area (Å²) in [5.74, 6) is 0.632. The van der Waals surface area contributed by atoms with E-state index >= 15 is 0 Å².